The smallest absolute Gasteiger partial charge is 0.303 e. The quantitative estimate of drug-likeness (QED) is 0.602. The van der Waals surface area contributed by atoms with E-state index >= 15 is 0 Å². The Morgan fingerprint density at radius 3 is 2.35 bits per heavy atom. The first-order valence-corrected chi connectivity index (χ1v) is 11.9. The molecule has 0 fully saturated rings. The summed E-state index contributed by atoms with van der Waals surface area (Å²) in [6.07, 6.45) is 2.23. The van der Waals surface area contributed by atoms with Crippen LogP contribution < -0.4 is 14.9 Å². The molecule has 0 aromatic heterocycles. The molecule has 1 aliphatic rings. The van der Waals surface area contributed by atoms with Crippen molar-refractivity contribution in [3.63, 3.8) is 0 Å². The van der Waals surface area contributed by atoms with E-state index in [9.17, 15) is 18.0 Å². The van der Waals surface area contributed by atoms with Gasteiger partial charge in [-0.15, -0.1) is 0 Å². The van der Waals surface area contributed by atoms with Gasteiger partial charge in [0.2, 0.25) is 15.9 Å². The maximum atomic E-state index is 12.3. The highest BCUT2D eigenvalue weighted by atomic mass is 32.2. The Morgan fingerprint density at radius 2 is 1.77 bits per heavy atom. The van der Waals surface area contributed by atoms with Crippen molar-refractivity contribution in [1.29, 1.82) is 0 Å². The maximum Gasteiger partial charge on any atom is 0.303 e. The largest absolute Gasteiger partial charge is 0.481 e. The standard InChI is InChI=1S/C22H27N3O5S/c1-14-12-20(23-17-6-8-18(9-7-17)24-31(3,29)30)19-13-16(5-11-22(27)28)4-10-21(19)25(14)15(2)26/h4,6-10,13-14,20,23-24H,5,11-12H2,1-3H3,(H,27,28). The van der Waals surface area contributed by atoms with Crippen molar-refractivity contribution in [2.45, 2.75) is 45.2 Å². The monoisotopic (exact) mass is 445 g/mol. The molecule has 31 heavy (non-hydrogen) atoms. The topological polar surface area (TPSA) is 116 Å². The molecule has 1 aliphatic heterocycles. The number of sulfonamides is 1. The normalized spacial score (nSPS) is 18.2. The molecule has 0 saturated carbocycles. The zero-order valence-corrected chi connectivity index (χ0v) is 18.6. The van der Waals surface area contributed by atoms with E-state index in [-0.39, 0.29) is 24.4 Å². The van der Waals surface area contributed by atoms with E-state index in [0.717, 1.165) is 28.8 Å². The van der Waals surface area contributed by atoms with Gasteiger partial charge in [0, 0.05) is 36.4 Å². The van der Waals surface area contributed by atoms with Crippen LogP contribution in [0, 0.1) is 0 Å². The summed E-state index contributed by atoms with van der Waals surface area (Å²) < 4.78 is 25.2. The van der Waals surface area contributed by atoms with Crippen LogP contribution >= 0.6 is 0 Å². The number of carbonyl (C=O) groups is 2. The van der Waals surface area contributed by atoms with Gasteiger partial charge in [0.1, 0.15) is 0 Å². The lowest BCUT2D eigenvalue weighted by molar-refractivity contribution is -0.137. The third-order valence-electron chi connectivity index (χ3n) is 5.24. The minimum absolute atomic E-state index is 0.0152. The van der Waals surface area contributed by atoms with E-state index in [4.69, 9.17) is 5.11 Å². The van der Waals surface area contributed by atoms with Crippen molar-refractivity contribution < 1.29 is 23.1 Å². The predicted octanol–water partition coefficient (Wildman–Crippen LogP) is 3.37. The first kappa shape index (κ1) is 22.6. The van der Waals surface area contributed by atoms with Gasteiger partial charge in [0.05, 0.1) is 12.3 Å². The molecular weight excluding hydrogens is 418 g/mol. The Bertz CT molecular complexity index is 1080. The van der Waals surface area contributed by atoms with Crippen LogP contribution in [0.3, 0.4) is 0 Å². The predicted molar refractivity (Wildman–Crippen MR) is 121 cm³/mol. The highest BCUT2D eigenvalue weighted by Crippen LogP contribution is 2.40. The molecule has 2 unspecified atom stereocenters. The van der Waals surface area contributed by atoms with Crippen molar-refractivity contribution in [3.05, 3.63) is 53.6 Å². The van der Waals surface area contributed by atoms with Gasteiger partial charge in [-0.05, 0) is 61.2 Å². The Balaban J connectivity index is 1.89. The van der Waals surface area contributed by atoms with E-state index in [2.05, 4.69) is 10.0 Å². The first-order valence-electron chi connectivity index (χ1n) is 10.0. The number of amides is 1. The summed E-state index contributed by atoms with van der Waals surface area (Å²) in [7, 11) is -3.34. The third-order valence-corrected chi connectivity index (χ3v) is 5.85. The number of fused-ring (bicyclic) bond motifs is 1. The van der Waals surface area contributed by atoms with Crippen LogP contribution in [0.1, 0.15) is 43.9 Å². The number of hydrogen-bond acceptors (Lipinski definition) is 5. The zero-order valence-electron chi connectivity index (χ0n) is 17.8. The highest BCUT2D eigenvalue weighted by molar-refractivity contribution is 7.92. The number of carboxylic acids is 1. The minimum atomic E-state index is -3.34. The fourth-order valence-electron chi connectivity index (χ4n) is 3.99. The van der Waals surface area contributed by atoms with Crippen LogP contribution in [0.25, 0.3) is 0 Å². The van der Waals surface area contributed by atoms with Crippen molar-refractivity contribution in [2.75, 3.05) is 21.2 Å². The molecule has 3 rings (SSSR count). The summed E-state index contributed by atoms with van der Waals surface area (Å²) in [5, 5.41) is 12.5. The van der Waals surface area contributed by atoms with Crippen LogP contribution in [0.5, 0.6) is 0 Å². The minimum Gasteiger partial charge on any atom is -0.481 e. The summed E-state index contributed by atoms with van der Waals surface area (Å²) >= 11 is 0. The number of benzene rings is 2. The summed E-state index contributed by atoms with van der Waals surface area (Å²) in [6.45, 7) is 3.54. The number of aliphatic carboxylic acids is 1. The zero-order chi connectivity index (χ0) is 22.8. The van der Waals surface area contributed by atoms with Gasteiger partial charge in [-0.25, -0.2) is 8.42 Å². The molecule has 1 amide bonds. The van der Waals surface area contributed by atoms with Crippen LogP contribution in [0.4, 0.5) is 17.1 Å². The average Bonchev–Trinajstić information content (AvgIpc) is 2.66. The molecule has 0 bridgehead atoms. The van der Waals surface area contributed by atoms with Gasteiger partial charge < -0.3 is 15.3 Å². The molecule has 9 heteroatoms. The average molecular weight is 446 g/mol. The van der Waals surface area contributed by atoms with Gasteiger partial charge in [0.25, 0.3) is 0 Å². The fraction of sp³-hybridized carbons (Fsp3) is 0.364. The lowest BCUT2D eigenvalue weighted by atomic mass is 9.89. The molecule has 1 heterocycles. The molecule has 0 saturated heterocycles. The Kier molecular flexibility index (Phi) is 6.54. The number of aryl methyl sites for hydroxylation is 1. The summed E-state index contributed by atoms with van der Waals surface area (Å²) in [4.78, 5) is 25.0. The molecule has 166 valence electrons. The van der Waals surface area contributed by atoms with Gasteiger partial charge in [0.15, 0.2) is 0 Å². The number of carboxylic acid groups (broad SMARTS) is 1. The van der Waals surface area contributed by atoms with E-state index in [1.807, 2.05) is 25.1 Å². The second-order valence-corrected chi connectivity index (χ2v) is 9.66. The second kappa shape index (κ2) is 8.97. The van der Waals surface area contributed by atoms with Gasteiger partial charge in [-0.3, -0.25) is 14.3 Å². The van der Waals surface area contributed by atoms with Crippen molar-refractivity contribution in [2.24, 2.45) is 0 Å². The molecule has 0 radical (unpaired) electrons. The molecule has 2 aromatic carbocycles. The SMILES string of the molecule is CC(=O)N1c2ccc(CCC(=O)O)cc2C(Nc2ccc(NS(C)(=O)=O)cc2)CC1C. The lowest BCUT2D eigenvalue weighted by Crippen LogP contribution is -2.43. The van der Waals surface area contributed by atoms with Crippen molar-refractivity contribution in [1.82, 2.24) is 0 Å². The Labute approximate surface area is 182 Å². The molecule has 3 N–H and O–H groups in total. The van der Waals surface area contributed by atoms with E-state index in [1.54, 1.807) is 36.1 Å². The number of nitrogens with one attached hydrogen (secondary N) is 2. The van der Waals surface area contributed by atoms with Gasteiger partial charge in [-0.2, -0.15) is 0 Å². The van der Waals surface area contributed by atoms with E-state index < -0.39 is 16.0 Å². The lowest BCUT2D eigenvalue weighted by Gasteiger charge is -2.39. The molecule has 2 atom stereocenters. The van der Waals surface area contributed by atoms with Crippen LogP contribution in [0.15, 0.2) is 42.5 Å². The molecule has 0 aliphatic carbocycles. The Hall–Kier alpha value is -3.07. The number of hydrogen-bond donors (Lipinski definition) is 3. The number of anilines is 3. The summed E-state index contributed by atoms with van der Waals surface area (Å²) in [5.41, 5.74) is 3.95. The maximum absolute atomic E-state index is 12.3. The fourth-order valence-corrected chi connectivity index (χ4v) is 4.55. The second-order valence-electron chi connectivity index (χ2n) is 7.91. The van der Waals surface area contributed by atoms with Crippen molar-refractivity contribution in [3.8, 4) is 0 Å². The van der Waals surface area contributed by atoms with Gasteiger partial charge >= 0.3 is 5.97 Å². The molecule has 8 nitrogen and oxygen atoms in total. The van der Waals surface area contributed by atoms with E-state index in [1.165, 1.54) is 0 Å². The van der Waals surface area contributed by atoms with Crippen LogP contribution in [-0.4, -0.2) is 37.7 Å². The molecule has 2 aromatic rings. The Morgan fingerprint density at radius 1 is 1.13 bits per heavy atom. The molecular formula is C22H27N3O5S. The number of nitrogens with zero attached hydrogens (tertiary/aromatic N) is 1. The number of rotatable bonds is 7. The van der Waals surface area contributed by atoms with Crippen LogP contribution in [-0.2, 0) is 26.0 Å². The first-order chi connectivity index (χ1) is 14.5. The van der Waals surface area contributed by atoms with Gasteiger partial charge in [-0.1, -0.05) is 12.1 Å². The highest BCUT2D eigenvalue weighted by Gasteiger charge is 2.32. The molecule has 0 spiro atoms. The van der Waals surface area contributed by atoms with Crippen LogP contribution in [0.2, 0.25) is 0 Å². The van der Waals surface area contributed by atoms with Crippen molar-refractivity contribution >= 4 is 39.0 Å². The summed E-state index contributed by atoms with van der Waals surface area (Å²) in [5.74, 6) is -0.893. The number of carbonyl (C=O) groups excluding carboxylic acids is 1. The van der Waals surface area contributed by atoms with E-state index in [0.29, 0.717) is 18.5 Å². The third kappa shape index (κ3) is 5.75. The summed E-state index contributed by atoms with van der Waals surface area (Å²) in [6, 6.07) is 12.6.